The second kappa shape index (κ2) is 7.62. The standard InChI is InChI=1S/C20H22N4O6/c1-20(2,3)29-19(28)23(5)15(14-10-21-11-22(14)4)18(27)30-24-16(25)12-8-6-7-9-13(12)17(24)26/h6-11,15H,1-5H3. The molecule has 0 spiro atoms. The van der Waals surface area contributed by atoms with Crippen molar-refractivity contribution in [1.82, 2.24) is 19.5 Å². The highest BCUT2D eigenvalue weighted by Gasteiger charge is 2.42. The number of carbonyl (C=O) groups is 4. The van der Waals surface area contributed by atoms with E-state index in [1.807, 2.05) is 0 Å². The number of aromatic nitrogens is 2. The molecule has 0 aliphatic carbocycles. The lowest BCUT2D eigenvalue weighted by Gasteiger charge is -2.30. The molecule has 3 rings (SSSR count). The van der Waals surface area contributed by atoms with Gasteiger partial charge in [0, 0.05) is 14.1 Å². The zero-order chi connectivity index (χ0) is 22.2. The number of fused-ring (bicyclic) bond motifs is 1. The van der Waals surface area contributed by atoms with E-state index in [0.717, 1.165) is 4.90 Å². The van der Waals surface area contributed by atoms with Crippen molar-refractivity contribution in [3.8, 4) is 0 Å². The number of imide groups is 1. The van der Waals surface area contributed by atoms with E-state index in [1.54, 1.807) is 40.0 Å². The maximum Gasteiger partial charge on any atom is 0.411 e. The number of hydroxylamine groups is 2. The lowest BCUT2D eigenvalue weighted by Crippen LogP contribution is -2.43. The van der Waals surface area contributed by atoms with Crippen molar-refractivity contribution in [2.45, 2.75) is 32.4 Å². The Labute approximate surface area is 172 Å². The minimum Gasteiger partial charge on any atom is -0.444 e. The third kappa shape index (κ3) is 3.88. The molecule has 1 aliphatic rings. The van der Waals surface area contributed by atoms with Gasteiger partial charge in [-0.25, -0.2) is 14.6 Å². The molecule has 0 N–H and O–H groups in total. The van der Waals surface area contributed by atoms with Crippen molar-refractivity contribution in [2.75, 3.05) is 7.05 Å². The van der Waals surface area contributed by atoms with Gasteiger partial charge in [-0.2, -0.15) is 0 Å². The van der Waals surface area contributed by atoms with Gasteiger partial charge in [0.1, 0.15) is 5.60 Å². The summed E-state index contributed by atoms with van der Waals surface area (Å²) in [6.45, 7) is 5.07. The third-order valence-corrected chi connectivity index (χ3v) is 4.36. The van der Waals surface area contributed by atoms with Gasteiger partial charge in [0.15, 0.2) is 6.04 Å². The Morgan fingerprint density at radius 3 is 2.13 bits per heavy atom. The van der Waals surface area contributed by atoms with Crippen LogP contribution in [0.15, 0.2) is 36.8 Å². The molecule has 10 nitrogen and oxygen atoms in total. The van der Waals surface area contributed by atoms with Crippen LogP contribution in [0.2, 0.25) is 0 Å². The number of hydrogen-bond donors (Lipinski definition) is 0. The zero-order valence-corrected chi connectivity index (χ0v) is 17.3. The van der Waals surface area contributed by atoms with Crippen molar-refractivity contribution in [1.29, 1.82) is 0 Å². The molecule has 0 radical (unpaired) electrons. The number of amides is 3. The van der Waals surface area contributed by atoms with Crippen molar-refractivity contribution in [2.24, 2.45) is 7.05 Å². The molecule has 0 saturated carbocycles. The molecule has 10 heteroatoms. The van der Waals surface area contributed by atoms with Gasteiger partial charge in [0.2, 0.25) is 0 Å². The molecule has 30 heavy (non-hydrogen) atoms. The van der Waals surface area contributed by atoms with Crippen LogP contribution >= 0.6 is 0 Å². The van der Waals surface area contributed by atoms with Gasteiger partial charge in [-0.3, -0.25) is 14.5 Å². The number of benzene rings is 1. The van der Waals surface area contributed by atoms with Crippen LogP contribution in [-0.4, -0.2) is 56.0 Å². The monoisotopic (exact) mass is 414 g/mol. The molecule has 0 saturated heterocycles. The number of ether oxygens (including phenoxy) is 1. The molecule has 0 fully saturated rings. The van der Waals surface area contributed by atoms with Crippen LogP contribution in [0, 0.1) is 0 Å². The molecule has 1 aromatic carbocycles. The number of likely N-dealkylation sites (N-methyl/N-ethyl adjacent to an activating group) is 1. The van der Waals surface area contributed by atoms with Crippen molar-refractivity contribution in [3.05, 3.63) is 53.6 Å². The summed E-state index contributed by atoms with van der Waals surface area (Å²) in [5, 5.41) is 0.402. The van der Waals surface area contributed by atoms with E-state index in [4.69, 9.17) is 9.57 Å². The fraction of sp³-hybridized carbons (Fsp3) is 0.350. The number of rotatable bonds is 4. The maximum absolute atomic E-state index is 13.0. The minimum absolute atomic E-state index is 0.132. The molecule has 3 amide bonds. The Morgan fingerprint density at radius 2 is 1.67 bits per heavy atom. The first-order valence-corrected chi connectivity index (χ1v) is 9.13. The van der Waals surface area contributed by atoms with Gasteiger partial charge in [0.05, 0.1) is 29.3 Å². The summed E-state index contributed by atoms with van der Waals surface area (Å²) < 4.78 is 6.86. The number of nitrogens with zero attached hydrogens (tertiary/aromatic N) is 4. The molecule has 1 aliphatic heterocycles. The molecule has 158 valence electrons. The fourth-order valence-electron chi connectivity index (χ4n) is 2.94. The van der Waals surface area contributed by atoms with E-state index in [1.165, 1.54) is 36.3 Å². The summed E-state index contributed by atoms with van der Waals surface area (Å²) in [7, 11) is 2.99. The van der Waals surface area contributed by atoms with Gasteiger partial charge in [0.25, 0.3) is 11.8 Å². The molecule has 1 aromatic heterocycles. The first kappa shape index (κ1) is 21.0. The summed E-state index contributed by atoms with van der Waals surface area (Å²) in [4.78, 5) is 60.8. The summed E-state index contributed by atoms with van der Waals surface area (Å²) in [6.07, 6.45) is 2.04. The predicted octanol–water partition coefficient (Wildman–Crippen LogP) is 2.08. The van der Waals surface area contributed by atoms with E-state index in [9.17, 15) is 19.2 Å². The SMILES string of the molecule is CN(C(=O)OC(C)(C)C)C(C(=O)ON1C(=O)c2ccccc2C1=O)c1cncn1C. The Balaban J connectivity index is 1.89. The lowest BCUT2D eigenvalue weighted by atomic mass is 10.1. The Hall–Kier alpha value is -3.69. The van der Waals surface area contributed by atoms with Gasteiger partial charge >= 0.3 is 12.1 Å². The van der Waals surface area contributed by atoms with E-state index in [-0.39, 0.29) is 11.1 Å². The van der Waals surface area contributed by atoms with E-state index in [2.05, 4.69) is 4.98 Å². The second-order valence-electron chi connectivity index (χ2n) is 7.78. The topological polar surface area (TPSA) is 111 Å². The normalized spacial score (nSPS) is 14.4. The first-order chi connectivity index (χ1) is 14.0. The van der Waals surface area contributed by atoms with Crippen LogP contribution in [0.3, 0.4) is 0 Å². The Morgan fingerprint density at radius 1 is 1.10 bits per heavy atom. The highest BCUT2D eigenvalue weighted by Crippen LogP contribution is 2.27. The zero-order valence-electron chi connectivity index (χ0n) is 17.3. The largest absolute Gasteiger partial charge is 0.444 e. The highest BCUT2D eigenvalue weighted by molar-refractivity contribution is 6.20. The van der Waals surface area contributed by atoms with Crippen molar-refractivity contribution >= 4 is 23.9 Å². The summed E-state index contributed by atoms with van der Waals surface area (Å²) in [6, 6.07) is 4.83. The van der Waals surface area contributed by atoms with Crippen molar-refractivity contribution in [3.63, 3.8) is 0 Å². The summed E-state index contributed by atoms with van der Waals surface area (Å²) in [5.41, 5.74) is -0.222. The smallest absolute Gasteiger partial charge is 0.411 e. The fourth-order valence-corrected chi connectivity index (χ4v) is 2.94. The van der Waals surface area contributed by atoms with Crippen LogP contribution in [0.1, 0.15) is 53.2 Å². The first-order valence-electron chi connectivity index (χ1n) is 9.13. The minimum atomic E-state index is -1.31. The molecular weight excluding hydrogens is 392 g/mol. The van der Waals surface area contributed by atoms with Crippen LogP contribution in [0.5, 0.6) is 0 Å². The number of imidazole rings is 1. The Kier molecular flexibility index (Phi) is 5.34. The molecule has 1 atom stereocenters. The number of hydrogen-bond acceptors (Lipinski definition) is 7. The maximum atomic E-state index is 13.0. The average molecular weight is 414 g/mol. The molecule has 2 heterocycles. The number of carbonyl (C=O) groups excluding carboxylic acids is 4. The van der Waals surface area contributed by atoms with Gasteiger partial charge in [-0.15, -0.1) is 0 Å². The average Bonchev–Trinajstić information content (AvgIpc) is 3.18. The third-order valence-electron chi connectivity index (χ3n) is 4.36. The van der Waals surface area contributed by atoms with E-state index < -0.39 is 35.5 Å². The second-order valence-corrected chi connectivity index (χ2v) is 7.78. The van der Waals surface area contributed by atoms with Gasteiger partial charge in [-0.05, 0) is 32.9 Å². The van der Waals surface area contributed by atoms with Gasteiger partial charge in [-0.1, -0.05) is 17.2 Å². The molecular formula is C20H22N4O6. The van der Waals surface area contributed by atoms with E-state index in [0.29, 0.717) is 10.8 Å². The predicted molar refractivity (Wildman–Crippen MR) is 103 cm³/mol. The van der Waals surface area contributed by atoms with Crippen LogP contribution < -0.4 is 0 Å². The molecule has 0 bridgehead atoms. The lowest BCUT2D eigenvalue weighted by molar-refractivity contribution is -0.174. The summed E-state index contributed by atoms with van der Waals surface area (Å²) in [5.74, 6) is -2.53. The molecule has 1 unspecified atom stereocenters. The molecule has 2 aromatic rings. The highest BCUT2D eigenvalue weighted by atomic mass is 16.7. The quantitative estimate of drug-likeness (QED) is 0.704. The van der Waals surface area contributed by atoms with Crippen molar-refractivity contribution < 1.29 is 28.8 Å². The van der Waals surface area contributed by atoms with Crippen LogP contribution in [0.4, 0.5) is 4.79 Å². The Bertz CT molecular complexity index is 987. The van der Waals surface area contributed by atoms with Crippen LogP contribution in [-0.2, 0) is 21.4 Å². The van der Waals surface area contributed by atoms with Crippen LogP contribution in [0.25, 0.3) is 0 Å². The van der Waals surface area contributed by atoms with Gasteiger partial charge < -0.3 is 14.1 Å². The van der Waals surface area contributed by atoms with E-state index >= 15 is 0 Å². The summed E-state index contributed by atoms with van der Waals surface area (Å²) >= 11 is 0. The number of aryl methyl sites for hydroxylation is 1.